The van der Waals surface area contributed by atoms with Crippen LogP contribution in [0.2, 0.25) is 10.0 Å². The Labute approximate surface area is 192 Å². The number of anilines is 1. The molecule has 9 nitrogen and oxygen atoms in total. The third-order valence-electron chi connectivity index (χ3n) is 5.36. The molecule has 32 heavy (non-hydrogen) atoms. The molecule has 0 saturated carbocycles. The summed E-state index contributed by atoms with van der Waals surface area (Å²) >= 11 is 12.7. The number of aromatic nitrogens is 5. The number of ether oxygens (including phenoxy) is 1. The van der Waals surface area contributed by atoms with Gasteiger partial charge in [-0.3, -0.25) is 9.89 Å². The summed E-state index contributed by atoms with van der Waals surface area (Å²) < 4.78 is 6.12. The topological polar surface area (TPSA) is 100 Å². The summed E-state index contributed by atoms with van der Waals surface area (Å²) in [5, 5.41) is 8.95. The van der Waals surface area contributed by atoms with E-state index < -0.39 is 0 Å². The first-order chi connectivity index (χ1) is 15.6. The van der Waals surface area contributed by atoms with Gasteiger partial charge in [0.15, 0.2) is 5.75 Å². The summed E-state index contributed by atoms with van der Waals surface area (Å²) in [5.41, 5.74) is 1.23. The molecular formula is C21H17Cl2N7O2. The molecule has 5 rings (SSSR count). The van der Waals surface area contributed by atoms with Gasteiger partial charge in [-0.1, -0.05) is 29.8 Å². The Hall–Kier alpha value is -3.43. The molecule has 1 saturated heterocycles. The van der Waals surface area contributed by atoms with Crippen molar-refractivity contribution in [3.8, 4) is 11.6 Å². The highest BCUT2D eigenvalue weighted by Gasteiger charge is 2.23. The van der Waals surface area contributed by atoms with Crippen LogP contribution >= 0.6 is 23.2 Å². The van der Waals surface area contributed by atoms with Gasteiger partial charge in [-0.2, -0.15) is 5.10 Å². The minimum atomic E-state index is -0.0685. The van der Waals surface area contributed by atoms with Crippen LogP contribution in [-0.2, 0) is 4.79 Å². The van der Waals surface area contributed by atoms with E-state index in [1.165, 1.54) is 12.4 Å². The lowest BCUT2D eigenvalue weighted by Gasteiger charge is -2.35. The van der Waals surface area contributed by atoms with Crippen molar-refractivity contribution in [2.45, 2.75) is 0 Å². The Bertz CT molecular complexity index is 1350. The van der Waals surface area contributed by atoms with E-state index in [4.69, 9.17) is 27.9 Å². The van der Waals surface area contributed by atoms with Crippen molar-refractivity contribution in [3.05, 3.63) is 53.6 Å². The van der Waals surface area contributed by atoms with Crippen molar-refractivity contribution in [3.63, 3.8) is 0 Å². The van der Waals surface area contributed by atoms with E-state index in [1.54, 1.807) is 23.4 Å². The average Bonchev–Trinajstić information content (AvgIpc) is 3.29. The minimum absolute atomic E-state index is 0.0685. The van der Waals surface area contributed by atoms with Gasteiger partial charge in [-0.15, -0.1) is 0 Å². The van der Waals surface area contributed by atoms with Gasteiger partial charge in [0.05, 0.1) is 22.1 Å². The highest BCUT2D eigenvalue weighted by molar-refractivity contribution is 6.44. The van der Waals surface area contributed by atoms with Crippen LogP contribution in [0.5, 0.6) is 11.6 Å². The van der Waals surface area contributed by atoms with Crippen LogP contribution < -0.4 is 9.64 Å². The smallest absolute Gasteiger partial charge is 0.246 e. The Kier molecular flexibility index (Phi) is 5.28. The molecule has 0 spiro atoms. The number of nitrogens with one attached hydrogen (secondary N) is 1. The highest BCUT2D eigenvalue weighted by atomic mass is 35.5. The van der Waals surface area contributed by atoms with E-state index in [2.05, 4.69) is 36.6 Å². The summed E-state index contributed by atoms with van der Waals surface area (Å²) in [6, 6.07) is 3.53. The maximum Gasteiger partial charge on any atom is 0.246 e. The van der Waals surface area contributed by atoms with E-state index in [-0.39, 0.29) is 16.8 Å². The molecule has 1 N–H and O–H groups in total. The molecule has 162 valence electrons. The second kappa shape index (κ2) is 8.25. The third kappa shape index (κ3) is 3.49. The number of aromatic amines is 1. The monoisotopic (exact) mass is 469 g/mol. The van der Waals surface area contributed by atoms with Gasteiger partial charge in [0.25, 0.3) is 0 Å². The van der Waals surface area contributed by atoms with Gasteiger partial charge >= 0.3 is 0 Å². The Balaban J connectivity index is 1.51. The highest BCUT2D eigenvalue weighted by Crippen LogP contribution is 2.41. The van der Waals surface area contributed by atoms with Gasteiger partial charge < -0.3 is 14.5 Å². The minimum Gasteiger partial charge on any atom is -0.435 e. The van der Waals surface area contributed by atoms with Gasteiger partial charge in [0.1, 0.15) is 22.7 Å². The van der Waals surface area contributed by atoms with Gasteiger partial charge in [-0.05, 0) is 18.2 Å². The molecule has 1 aliphatic heterocycles. The molecule has 0 aliphatic carbocycles. The Morgan fingerprint density at radius 1 is 1.16 bits per heavy atom. The van der Waals surface area contributed by atoms with Crippen LogP contribution in [0.25, 0.3) is 21.8 Å². The molecule has 1 amide bonds. The quantitative estimate of drug-likeness (QED) is 0.453. The number of hydrogen-bond donors (Lipinski definition) is 1. The molecule has 4 aromatic rings. The van der Waals surface area contributed by atoms with Crippen LogP contribution in [0.15, 0.2) is 43.5 Å². The van der Waals surface area contributed by atoms with Crippen LogP contribution in [0.4, 0.5) is 5.82 Å². The molecule has 1 aromatic carbocycles. The number of nitrogens with zero attached hydrogens (tertiary/aromatic N) is 6. The molecule has 0 unspecified atom stereocenters. The molecule has 0 bridgehead atoms. The number of fused-ring (bicyclic) bond motifs is 2. The van der Waals surface area contributed by atoms with Crippen molar-refractivity contribution in [2.75, 3.05) is 31.1 Å². The lowest BCUT2D eigenvalue weighted by molar-refractivity contribution is -0.126. The van der Waals surface area contributed by atoms with Gasteiger partial charge in [-0.25, -0.2) is 15.0 Å². The molecular weight excluding hydrogens is 453 g/mol. The number of H-pyrrole nitrogens is 1. The third-order valence-corrected chi connectivity index (χ3v) is 6.13. The maximum atomic E-state index is 11.9. The summed E-state index contributed by atoms with van der Waals surface area (Å²) in [6.45, 7) is 6.00. The van der Waals surface area contributed by atoms with Crippen molar-refractivity contribution in [1.82, 2.24) is 30.0 Å². The Morgan fingerprint density at radius 2 is 1.97 bits per heavy atom. The van der Waals surface area contributed by atoms with Crippen LogP contribution in [0.3, 0.4) is 0 Å². The van der Waals surface area contributed by atoms with Gasteiger partial charge in [0, 0.05) is 37.8 Å². The lowest BCUT2D eigenvalue weighted by Crippen LogP contribution is -2.48. The fourth-order valence-electron chi connectivity index (χ4n) is 3.75. The van der Waals surface area contributed by atoms with Crippen molar-refractivity contribution in [2.24, 2.45) is 0 Å². The number of rotatable bonds is 4. The fraction of sp³-hybridized carbons (Fsp3) is 0.190. The second-order valence-corrected chi connectivity index (χ2v) is 7.95. The van der Waals surface area contributed by atoms with E-state index in [9.17, 15) is 4.79 Å². The first-order valence-electron chi connectivity index (χ1n) is 9.81. The molecule has 1 fully saturated rings. The Morgan fingerprint density at radius 3 is 2.75 bits per heavy atom. The normalized spacial score (nSPS) is 14.2. The van der Waals surface area contributed by atoms with Crippen molar-refractivity contribution in [1.29, 1.82) is 0 Å². The zero-order valence-corrected chi connectivity index (χ0v) is 18.3. The SMILES string of the molecule is C=CC(=O)N1CCN(c2ncnc3c(Oc4c(Cl)c(Cl)cc5[nH]ncc45)nccc23)CC1. The zero-order valence-electron chi connectivity index (χ0n) is 16.8. The number of benzene rings is 1. The van der Waals surface area contributed by atoms with Crippen molar-refractivity contribution >= 4 is 56.7 Å². The summed E-state index contributed by atoms with van der Waals surface area (Å²) in [6.07, 6.45) is 6.05. The van der Waals surface area contributed by atoms with Crippen LogP contribution in [0, 0.1) is 0 Å². The summed E-state index contributed by atoms with van der Waals surface area (Å²) in [7, 11) is 0. The standard InChI is InChI=1S/C21H17Cl2N7O2/c1-2-16(31)29-5-7-30(8-6-29)20-12-3-4-24-21(18(12)25-11-26-20)32-19-13-10-27-28-15(13)9-14(22)17(19)23/h2-4,9-11H,1,5-8H2,(H,27,28). The number of carbonyl (C=O) groups excluding carboxylic acids is 1. The molecule has 3 aromatic heterocycles. The first-order valence-corrected chi connectivity index (χ1v) is 10.6. The van der Waals surface area contributed by atoms with E-state index in [1.807, 2.05) is 6.07 Å². The van der Waals surface area contributed by atoms with Crippen LogP contribution in [0.1, 0.15) is 0 Å². The molecule has 4 heterocycles. The molecule has 0 atom stereocenters. The number of carbonyl (C=O) groups is 1. The number of amides is 1. The number of hydrogen-bond acceptors (Lipinski definition) is 7. The second-order valence-electron chi connectivity index (χ2n) is 7.16. The van der Waals surface area contributed by atoms with E-state index in [0.29, 0.717) is 53.4 Å². The maximum absolute atomic E-state index is 11.9. The largest absolute Gasteiger partial charge is 0.435 e. The summed E-state index contributed by atoms with van der Waals surface area (Å²) in [5.74, 6) is 1.30. The van der Waals surface area contributed by atoms with E-state index >= 15 is 0 Å². The fourth-order valence-corrected chi connectivity index (χ4v) is 4.14. The van der Waals surface area contributed by atoms with Crippen LogP contribution in [-0.4, -0.2) is 62.1 Å². The lowest BCUT2D eigenvalue weighted by atomic mass is 10.2. The molecule has 0 radical (unpaired) electrons. The number of piperazine rings is 1. The first kappa shape index (κ1) is 20.5. The van der Waals surface area contributed by atoms with Crippen molar-refractivity contribution < 1.29 is 9.53 Å². The molecule has 11 heteroatoms. The number of halogens is 2. The van der Waals surface area contributed by atoms with E-state index in [0.717, 1.165) is 11.2 Å². The van der Waals surface area contributed by atoms with Gasteiger partial charge in [0.2, 0.25) is 11.8 Å². The molecule has 1 aliphatic rings. The number of pyridine rings is 1. The predicted octanol–water partition coefficient (Wildman–Crippen LogP) is 3.83. The summed E-state index contributed by atoms with van der Waals surface area (Å²) in [4.78, 5) is 29.0. The average molecular weight is 470 g/mol. The predicted molar refractivity (Wildman–Crippen MR) is 123 cm³/mol. The zero-order chi connectivity index (χ0) is 22.2.